The number of rotatable bonds is 5. The van der Waals surface area contributed by atoms with E-state index in [2.05, 4.69) is 26.9 Å². The lowest BCUT2D eigenvalue weighted by Gasteiger charge is -2.21. The summed E-state index contributed by atoms with van der Waals surface area (Å²) in [5.41, 5.74) is 2.29. The van der Waals surface area contributed by atoms with E-state index in [1.165, 1.54) is 0 Å². The van der Waals surface area contributed by atoms with Crippen LogP contribution in [0.25, 0.3) is 0 Å². The van der Waals surface area contributed by atoms with Crippen LogP contribution in [0.3, 0.4) is 0 Å². The summed E-state index contributed by atoms with van der Waals surface area (Å²) in [4.78, 5) is 2.15. The summed E-state index contributed by atoms with van der Waals surface area (Å²) >= 11 is 9.34. The Hall–Kier alpha value is -0.250. The van der Waals surface area contributed by atoms with E-state index in [1.54, 1.807) is 7.11 Å². The second-order valence-corrected chi connectivity index (χ2v) is 4.50. The fourth-order valence-electron chi connectivity index (χ4n) is 1.38. The van der Waals surface area contributed by atoms with E-state index in [4.69, 9.17) is 16.3 Å². The minimum absolute atomic E-state index is 0.520. The first-order valence-corrected chi connectivity index (χ1v) is 6.06. The molecule has 0 aromatic heterocycles. The van der Waals surface area contributed by atoms with Crippen LogP contribution in [-0.4, -0.2) is 27.3 Å². The van der Waals surface area contributed by atoms with Crippen LogP contribution in [0.1, 0.15) is 5.56 Å². The van der Waals surface area contributed by atoms with Crippen molar-refractivity contribution in [3.8, 4) is 0 Å². The van der Waals surface area contributed by atoms with Gasteiger partial charge >= 0.3 is 0 Å². The number of hydrogen-bond acceptors (Lipinski definition) is 2. The summed E-state index contributed by atoms with van der Waals surface area (Å²) in [5.74, 6) is 0.520. The predicted octanol–water partition coefficient (Wildman–Crippen LogP) is 3.27. The second kappa shape index (κ2) is 6.36. The SMILES string of the molecule is COCCN(C)c1ccc(Br)cc1CCl. The quantitative estimate of drug-likeness (QED) is 0.772. The maximum atomic E-state index is 5.90. The molecule has 0 radical (unpaired) electrons. The standard InChI is InChI=1S/C11H15BrClNO/c1-14(5-6-15-2)11-4-3-10(12)7-9(11)8-13/h3-4,7H,5-6,8H2,1-2H3. The molecule has 0 fully saturated rings. The van der Waals surface area contributed by atoms with Crippen molar-refractivity contribution >= 4 is 33.2 Å². The molecule has 15 heavy (non-hydrogen) atoms. The Bertz CT molecular complexity index is 319. The van der Waals surface area contributed by atoms with Crippen molar-refractivity contribution in [2.75, 3.05) is 32.2 Å². The molecule has 0 saturated carbocycles. The smallest absolute Gasteiger partial charge is 0.0637 e. The molecule has 1 aromatic rings. The van der Waals surface area contributed by atoms with Gasteiger partial charge in [-0.25, -0.2) is 0 Å². The molecule has 0 aliphatic heterocycles. The maximum Gasteiger partial charge on any atom is 0.0637 e. The topological polar surface area (TPSA) is 12.5 Å². The summed E-state index contributed by atoms with van der Waals surface area (Å²) in [6.45, 7) is 1.58. The summed E-state index contributed by atoms with van der Waals surface area (Å²) < 4.78 is 6.10. The van der Waals surface area contributed by atoms with Gasteiger partial charge in [-0.05, 0) is 23.8 Å². The van der Waals surface area contributed by atoms with Gasteiger partial charge in [0.2, 0.25) is 0 Å². The predicted molar refractivity (Wildman–Crippen MR) is 68.8 cm³/mol. The van der Waals surface area contributed by atoms with E-state index in [9.17, 15) is 0 Å². The molecule has 0 heterocycles. The summed E-state index contributed by atoms with van der Waals surface area (Å²) in [6, 6.07) is 6.14. The summed E-state index contributed by atoms with van der Waals surface area (Å²) in [6.07, 6.45) is 0. The molecule has 0 aliphatic carbocycles. The number of hydrogen-bond donors (Lipinski definition) is 0. The van der Waals surface area contributed by atoms with Crippen LogP contribution in [0.4, 0.5) is 5.69 Å². The highest BCUT2D eigenvalue weighted by Crippen LogP contribution is 2.25. The summed E-state index contributed by atoms with van der Waals surface area (Å²) in [5, 5.41) is 0. The molecule has 4 heteroatoms. The monoisotopic (exact) mass is 291 g/mol. The van der Waals surface area contributed by atoms with Crippen LogP contribution in [-0.2, 0) is 10.6 Å². The Labute approximate surface area is 104 Å². The number of nitrogens with zero attached hydrogens (tertiary/aromatic N) is 1. The lowest BCUT2D eigenvalue weighted by molar-refractivity contribution is 0.206. The van der Waals surface area contributed by atoms with Crippen molar-refractivity contribution < 1.29 is 4.74 Å². The highest BCUT2D eigenvalue weighted by molar-refractivity contribution is 9.10. The zero-order chi connectivity index (χ0) is 11.3. The van der Waals surface area contributed by atoms with Gasteiger partial charge in [0.15, 0.2) is 0 Å². The van der Waals surface area contributed by atoms with Crippen LogP contribution in [0.5, 0.6) is 0 Å². The van der Waals surface area contributed by atoms with Crippen LogP contribution in [0.15, 0.2) is 22.7 Å². The third-order valence-corrected chi connectivity index (χ3v) is 3.01. The third kappa shape index (κ3) is 3.67. The Morgan fingerprint density at radius 1 is 1.47 bits per heavy atom. The molecule has 1 aromatic carbocycles. The lowest BCUT2D eigenvalue weighted by Crippen LogP contribution is -2.23. The first-order valence-electron chi connectivity index (χ1n) is 4.73. The fourth-order valence-corrected chi connectivity index (χ4v) is 2.00. The number of anilines is 1. The third-order valence-electron chi connectivity index (χ3n) is 2.23. The van der Waals surface area contributed by atoms with E-state index in [0.29, 0.717) is 12.5 Å². The molecule has 0 atom stereocenters. The van der Waals surface area contributed by atoms with Crippen molar-refractivity contribution in [2.45, 2.75) is 5.88 Å². The van der Waals surface area contributed by atoms with Gasteiger partial charge in [0.05, 0.1) is 6.61 Å². The Morgan fingerprint density at radius 3 is 2.80 bits per heavy atom. The minimum Gasteiger partial charge on any atom is -0.383 e. The molecule has 0 aliphatic rings. The summed E-state index contributed by atoms with van der Waals surface area (Å²) in [7, 11) is 3.75. The molecule has 0 bridgehead atoms. The number of ether oxygens (including phenoxy) is 1. The maximum absolute atomic E-state index is 5.90. The second-order valence-electron chi connectivity index (χ2n) is 3.32. The van der Waals surface area contributed by atoms with Crippen molar-refractivity contribution in [2.24, 2.45) is 0 Å². The van der Waals surface area contributed by atoms with E-state index in [-0.39, 0.29) is 0 Å². The largest absolute Gasteiger partial charge is 0.383 e. The Balaban J connectivity index is 2.82. The van der Waals surface area contributed by atoms with E-state index in [0.717, 1.165) is 22.3 Å². The van der Waals surface area contributed by atoms with Crippen LogP contribution in [0.2, 0.25) is 0 Å². The van der Waals surface area contributed by atoms with Crippen molar-refractivity contribution in [3.05, 3.63) is 28.2 Å². The molecule has 0 amide bonds. The van der Waals surface area contributed by atoms with E-state index in [1.807, 2.05) is 19.2 Å². The minimum atomic E-state index is 0.520. The molecular formula is C11H15BrClNO. The van der Waals surface area contributed by atoms with Crippen molar-refractivity contribution in [1.82, 2.24) is 0 Å². The highest BCUT2D eigenvalue weighted by atomic mass is 79.9. The number of methoxy groups -OCH3 is 1. The number of alkyl halides is 1. The molecule has 0 unspecified atom stereocenters. The van der Waals surface area contributed by atoms with Gasteiger partial charge in [-0.1, -0.05) is 15.9 Å². The Morgan fingerprint density at radius 2 is 2.20 bits per heavy atom. The number of benzene rings is 1. The van der Waals surface area contributed by atoms with Gasteiger partial charge in [0, 0.05) is 36.7 Å². The molecule has 0 spiro atoms. The van der Waals surface area contributed by atoms with Gasteiger partial charge in [-0.2, -0.15) is 0 Å². The lowest BCUT2D eigenvalue weighted by atomic mass is 10.2. The molecule has 84 valence electrons. The van der Waals surface area contributed by atoms with Crippen LogP contribution in [0, 0.1) is 0 Å². The van der Waals surface area contributed by atoms with Crippen LogP contribution < -0.4 is 4.90 Å². The average Bonchev–Trinajstić information content (AvgIpc) is 2.25. The average molecular weight is 293 g/mol. The van der Waals surface area contributed by atoms with Crippen molar-refractivity contribution in [1.29, 1.82) is 0 Å². The zero-order valence-corrected chi connectivity index (χ0v) is 11.3. The molecule has 2 nitrogen and oxygen atoms in total. The van der Waals surface area contributed by atoms with Gasteiger partial charge < -0.3 is 9.64 Å². The molecule has 0 N–H and O–H groups in total. The van der Waals surface area contributed by atoms with E-state index >= 15 is 0 Å². The highest BCUT2D eigenvalue weighted by Gasteiger charge is 2.06. The molecular weight excluding hydrogens is 277 g/mol. The van der Waals surface area contributed by atoms with Gasteiger partial charge in [-0.15, -0.1) is 11.6 Å². The van der Waals surface area contributed by atoms with Crippen molar-refractivity contribution in [3.63, 3.8) is 0 Å². The fraction of sp³-hybridized carbons (Fsp3) is 0.455. The first-order chi connectivity index (χ1) is 7.19. The molecule has 0 saturated heterocycles. The Kier molecular flexibility index (Phi) is 5.43. The number of likely N-dealkylation sites (N-methyl/N-ethyl adjacent to an activating group) is 1. The normalized spacial score (nSPS) is 10.4. The van der Waals surface area contributed by atoms with E-state index < -0.39 is 0 Å². The van der Waals surface area contributed by atoms with Gasteiger partial charge in [-0.3, -0.25) is 0 Å². The number of halogens is 2. The zero-order valence-electron chi connectivity index (χ0n) is 8.96. The molecule has 1 rings (SSSR count). The first kappa shape index (κ1) is 12.8. The van der Waals surface area contributed by atoms with Gasteiger partial charge in [0.1, 0.15) is 0 Å². The van der Waals surface area contributed by atoms with Crippen LogP contribution >= 0.6 is 27.5 Å². The van der Waals surface area contributed by atoms with Gasteiger partial charge in [0.25, 0.3) is 0 Å².